The van der Waals surface area contributed by atoms with E-state index < -0.39 is 11.9 Å². The second kappa shape index (κ2) is 6.22. The molecule has 1 aromatic carbocycles. The molecule has 2 aromatic heterocycles. The average molecular weight is 356 g/mol. The van der Waals surface area contributed by atoms with Crippen LogP contribution in [0.15, 0.2) is 30.6 Å². The van der Waals surface area contributed by atoms with E-state index in [1.54, 1.807) is 24.3 Å². The minimum absolute atomic E-state index is 0.144. The van der Waals surface area contributed by atoms with Gasteiger partial charge >= 0.3 is 5.97 Å². The number of pyridine rings is 1. The van der Waals surface area contributed by atoms with Crippen molar-refractivity contribution in [1.82, 2.24) is 14.8 Å². The van der Waals surface area contributed by atoms with E-state index in [9.17, 15) is 9.59 Å². The molecule has 0 unspecified atom stereocenters. The summed E-state index contributed by atoms with van der Waals surface area (Å²) in [5, 5.41) is 23.0. The van der Waals surface area contributed by atoms with Crippen molar-refractivity contribution in [3.63, 3.8) is 0 Å². The van der Waals surface area contributed by atoms with Gasteiger partial charge in [-0.2, -0.15) is 10.4 Å². The lowest BCUT2D eigenvalue weighted by Crippen LogP contribution is -2.13. The molecular formula is C16H10ClN5O3. The molecule has 0 atom stereocenters. The number of amides is 1. The summed E-state index contributed by atoms with van der Waals surface area (Å²) < 4.78 is 1.31. The smallest absolute Gasteiger partial charge is 0.340 e. The van der Waals surface area contributed by atoms with E-state index in [0.29, 0.717) is 21.5 Å². The van der Waals surface area contributed by atoms with Gasteiger partial charge in [0.1, 0.15) is 11.6 Å². The van der Waals surface area contributed by atoms with E-state index in [-0.39, 0.29) is 23.4 Å². The molecular weight excluding hydrogens is 346 g/mol. The Morgan fingerprint density at radius 1 is 1.32 bits per heavy atom. The Morgan fingerprint density at radius 3 is 2.68 bits per heavy atom. The van der Waals surface area contributed by atoms with Crippen LogP contribution in [0.25, 0.3) is 10.9 Å². The first-order chi connectivity index (χ1) is 11.9. The maximum Gasteiger partial charge on any atom is 0.340 e. The number of primary amides is 1. The second-order valence-corrected chi connectivity index (χ2v) is 5.68. The third-order valence-electron chi connectivity index (χ3n) is 3.52. The SMILES string of the molecule is N#Cc1nn(Cc2cc(C(N)=O)c3ncc(Cl)cc3c2)cc1C(=O)O. The molecule has 0 saturated carbocycles. The number of rotatable bonds is 4. The van der Waals surface area contributed by atoms with Crippen LogP contribution in [0.2, 0.25) is 5.02 Å². The zero-order valence-corrected chi connectivity index (χ0v) is 13.4. The maximum absolute atomic E-state index is 11.7. The summed E-state index contributed by atoms with van der Waals surface area (Å²) in [7, 11) is 0. The number of nitrogens with two attached hydrogens (primary N) is 1. The number of fused-ring (bicyclic) bond motifs is 1. The van der Waals surface area contributed by atoms with Gasteiger partial charge in [0.2, 0.25) is 0 Å². The number of benzene rings is 1. The Bertz CT molecular complexity index is 1070. The third kappa shape index (κ3) is 3.13. The standard InChI is InChI=1S/C16H10ClN5O3/c17-10-3-9-1-8(2-11(15(19)23)14(9)20-5-10)6-22-7-12(16(24)25)13(4-18)21-22/h1-3,5,7H,6H2,(H2,19,23)(H,24,25). The fraction of sp³-hybridized carbons (Fsp3) is 0.0625. The summed E-state index contributed by atoms with van der Waals surface area (Å²) in [5.74, 6) is -1.89. The molecule has 0 aliphatic rings. The van der Waals surface area contributed by atoms with Crippen molar-refractivity contribution in [3.8, 4) is 6.07 Å². The van der Waals surface area contributed by atoms with Crippen LogP contribution in [0.3, 0.4) is 0 Å². The highest BCUT2D eigenvalue weighted by Crippen LogP contribution is 2.23. The lowest BCUT2D eigenvalue weighted by Gasteiger charge is -2.08. The minimum atomic E-state index is -1.24. The number of nitriles is 1. The lowest BCUT2D eigenvalue weighted by atomic mass is 10.0. The average Bonchev–Trinajstić information content (AvgIpc) is 2.96. The van der Waals surface area contributed by atoms with Crippen LogP contribution in [0.5, 0.6) is 0 Å². The van der Waals surface area contributed by atoms with Gasteiger partial charge in [-0.05, 0) is 23.8 Å². The molecule has 3 aromatic rings. The van der Waals surface area contributed by atoms with Crippen LogP contribution in [-0.4, -0.2) is 31.7 Å². The van der Waals surface area contributed by atoms with Gasteiger partial charge in [-0.15, -0.1) is 0 Å². The first-order valence-corrected chi connectivity index (χ1v) is 7.35. The third-order valence-corrected chi connectivity index (χ3v) is 3.72. The quantitative estimate of drug-likeness (QED) is 0.732. The Hall–Kier alpha value is -3.44. The van der Waals surface area contributed by atoms with Gasteiger partial charge in [-0.25, -0.2) is 4.79 Å². The van der Waals surface area contributed by atoms with Crippen LogP contribution >= 0.6 is 11.6 Å². The molecule has 0 saturated heterocycles. The summed E-state index contributed by atoms with van der Waals surface area (Å²) in [4.78, 5) is 26.9. The minimum Gasteiger partial charge on any atom is -0.478 e. The molecule has 2 heterocycles. The molecule has 3 rings (SSSR count). The normalized spacial score (nSPS) is 10.6. The molecule has 25 heavy (non-hydrogen) atoms. The summed E-state index contributed by atoms with van der Waals surface area (Å²) in [6, 6.07) is 6.68. The van der Waals surface area contributed by atoms with Gasteiger partial charge in [-0.1, -0.05) is 11.6 Å². The van der Waals surface area contributed by atoms with Crippen molar-refractivity contribution in [1.29, 1.82) is 5.26 Å². The molecule has 0 radical (unpaired) electrons. The lowest BCUT2D eigenvalue weighted by molar-refractivity contribution is 0.0696. The number of carbonyl (C=O) groups excluding carboxylic acids is 1. The predicted molar refractivity (Wildman–Crippen MR) is 88.3 cm³/mol. The highest BCUT2D eigenvalue weighted by Gasteiger charge is 2.16. The number of aromatic nitrogens is 3. The number of aromatic carboxylic acids is 1. The van der Waals surface area contributed by atoms with Crippen molar-refractivity contribution in [3.05, 3.63) is 58.0 Å². The van der Waals surface area contributed by atoms with E-state index in [4.69, 9.17) is 27.7 Å². The molecule has 0 aliphatic carbocycles. The second-order valence-electron chi connectivity index (χ2n) is 5.24. The number of hydrogen-bond acceptors (Lipinski definition) is 5. The van der Waals surface area contributed by atoms with Crippen molar-refractivity contribution >= 4 is 34.4 Å². The van der Waals surface area contributed by atoms with Gasteiger partial charge < -0.3 is 10.8 Å². The number of carbonyl (C=O) groups is 2. The largest absolute Gasteiger partial charge is 0.478 e. The van der Waals surface area contributed by atoms with Crippen molar-refractivity contribution in [2.24, 2.45) is 5.73 Å². The van der Waals surface area contributed by atoms with E-state index in [1.165, 1.54) is 17.1 Å². The van der Waals surface area contributed by atoms with Crippen molar-refractivity contribution in [2.45, 2.75) is 6.54 Å². The number of hydrogen-bond donors (Lipinski definition) is 2. The topological polar surface area (TPSA) is 135 Å². The van der Waals surface area contributed by atoms with Crippen LogP contribution in [0, 0.1) is 11.3 Å². The molecule has 0 spiro atoms. The summed E-state index contributed by atoms with van der Waals surface area (Å²) in [5.41, 5.74) is 6.31. The van der Waals surface area contributed by atoms with Crippen molar-refractivity contribution < 1.29 is 14.7 Å². The molecule has 1 amide bonds. The first-order valence-electron chi connectivity index (χ1n) is 6.98. The van der Waals surface area contributed by atoms with Gasteiger partial charge in [0, 0.05) is 17.8 Å². The van der Waals surface area contributed by atoms with Gasteiger partial charge in [0.05, 0.1) is 22.6 Å². The zero-order valence-electron chi connectivity index (χ0n) is 12.6. The molecule has 9 heteroatoms. The van der Waals surface area contributed by atoms with Crippen LogP contribution in [-0.2, 0) is 6.54 Å². The molecule has 0 aliphatic heterocycles. The number of carboxylic acid groups (broad SMARTS) is 1. The number of halogens is 1. The van der Waals surface area contributed by atoms with E-state index in [0.717, 1.165) is 0 Å². The van der Waals surface area contributed by atoms with Crippen molar-refractivity contribution in [2.75, 3.05) is 0 Å². The van der Waals surface area contributed by atoms with Crippen LogP contribution < -0.4 is 5.73 Å². The maximum atomic E-state index is 11.7. The number of nitrogens with zero attached hydrogens (tertiary/aromatic N) is 4. The van der Waals surface area contributed by atoms with Gasteiger partial charge in [-0.3, -0.25) is 14.5 Å². The van der Waals surface area contributed by atoms with Crippen LogP contribution in [0.1, 0.15) is 32.0 Å². The summed E-state index contributed by atoms with van der Waals surface area (Å²) >= 11 is 5.94. The van der Waals surface area contributed by atoms with Gasteiger partial charge in [0.15, 0.2) is 5.69 Å². The zero-order chi connectivity index (χ0) is 18.1. The fourth-order valence-corrected chi connectivity index (χ4v) is 2.66. The molecule has 0 bridgehead atoms. The summed E-state index contributed by atoms with van der Waals surface area (Å²) in [6.45, 7) is 0.144. The Morgan fingerprint density at radius 2 is 2.08 bits per heavy atom. The van der Waals surface area contributed by atoms with E-state index >= 15 is 0 Å². The monoisotopic (exact) mass is 355 g/mol. The first kappa shape index (κ1) is 16.4. The molecule has 124 valence electrons. The van der Waals surface area contributed by atoms with Gasteiger partial charge in [0.25, 0.3) is 5.91 Å². The Balaban J connectivity index is 2.09. The van der Waals surface area contributed by atoms with E-state index in [2.05, 4.69) is 10.1 Å². The Kier molecular flexibility index (Phi) is 4.09. The predicted octanol–water partition coefficient (Wildman–Crippen LogP) is 1.80. The van der Waals surface area contributed by atoms with E-state index in [1.807, 2.05) is 0 Å². The van der Waals surface area contributed by atoms with Crippen LogP contribution in [0.4, 0.5) is 0 Å². The Labute approximate surface area is 146 Å². The fourth-order valence-electron chi connectivity index (χ4n) is 2.49. The number of carboxylic acids is 1. The molecule has 3 N–H and O–H groups in total. The summed E-state index contributed by atoms with van der Waals surface area (Å²) in [6.07, 6.45) is 2.67. The highest BCUT2D eigenvalue weighted by molar-refractivity contribution is 6.31. The molecule has 0 fully saturated rings. The highest BCUT2D eigenvalue weighted by atomic mass is 35.5. The molecule has 8 nitrogen and oxygen atoms in total.